The Kier molecular flexibility index (Phi) is 5.64. The summed E-state index contributed by atoms with van der Waals surface area (Å²) in [5.74, 6) is 0.0617. The number of aryl methyl sites for hydroxylation is 1. The average Bonchev–Trinajstić information content (AvgIpc) is 2.86. The van der Waals surface area contributed by atoms with Gasteiger partial charge in [0.2, 0.25) is 5.91 Å². The van der Waals surface area contributed by atoms with Crippen LogP contribution in [-0.4, -0.2) is 40.7 Å². The zero-order valence-electron chi connectivity index (χ0n) is 14.1. The van der Waals surface area contributed by atoms with Crippen LogP contribution in [0.4, 0.5) is 5.69 Å². The van der Waals surface area contributed by atoms with Crippen molar-refractivity contribution >= 4 is 46.8 Å². The van der Waals surface area contributed by atoms with Crippen LogP contribution in [0.5, 0.6) is 0 Å². The second-order valence-corrected chi connectivity index (χ2v) is 7.41. The van der Waals surface area contributed by atoms with Crippen molar-refractivity contribution in [3.05, 3.63) is 64.2 Å². The van der Waals surface area contributed by atoms with Crippen LogP contribution in [0.25, 0.3) is 0 Å². The van der Waals surface area contributed by atoms with E-state index in [4.69, 9.17) is 11.6 Å². The lowest BCUT2D eigenvalue weighted by atomic mass is 10.1. The molecular formula is C19H17ClN2O3S. The molecule has 0 radical (unpaired) electrons. The SMILES string of the molecule is Cc1cc(Cl)ccc1NC(=O)CSCCN1C(=O)c2ccccc2C1=O. The van der Waals surface area contributed by atoms with Crippen molar-refractivity contribution in [2.24, 2.45) is 0 Å². The van der Waals surface area contributed by atoms with Gasteiger partial charge in [-0.25, -0.2) is 0 Å². The summed E-state index contributed by atoms with van der Waals surface area (Å²) < 4.78 is 0. The van der Waals surface area contributed by atoms with Crippen molar-refractivity contribution in [2.75, 3.05) is 23.4 Å². The number of thioether (sulfide) groups is 1. The summed E-state index contributed by atoms with van der Waals surface area (Å²) >= 11 is 7.27. The molecule has 0 unspecified atom stereocenters. The predicted octanol–water partition coefficient (Wildman–Crippen LogP) is 3.62. The van der Waals surface area contributed by atoms with E-state index < -0.39 is 0 Å². The highest BCUT2D eigenvalue weighted by molar-refractivity contribution is 7.99. The molecular weight excluding hydrogens is 372 g/mol. The molecule has 0 aliphatic carbocycles. The summed E-state index contributed by atoms with van der Waals surface area (Å²) in [5, 5.41) is 3.45. The highest BCUT2D eigenvalue weighted by Crippen LogP contribution is 2.23. The summed E-state index contributed by atoms with van der Waals surface area (Å²) in [6.07, 6.45) is 0. The van der Waals surface area contributed by atoms with E-state index in [1.54, 1.807) is 42.5 Å². The molecule has 0 fully saturated rings. The molecule has 0 bridgehead atoms. The maximum atomic E-state index is 12.2. The van der Waals surface area contributed by atoms with Gasteiger partial charge in [-0.3, -0.25) is 19.3 Å². The molecule has 7 heteroatoms. The molecule has 0 saturated carbocycles. The van der Waals surface area contributed by atoms with Crippen LogP contribution < -0.4 is 5.32 Å². The molecule has 3 amide bonds. The number of nitrogens with one attached hydrogen (secondary N) is 1. The fourth-order valence-electron chi connectivity index (χ4n) is 2.72. The Balaban J connectivity index is 1.47. The van der Waals surface area contributed by atoms with Gasteiger partial charge >= 0.3 is 0 Å². The zero-order chi connectivity index (χ0) is 18.7. The molecule has 0 atom stereocenters. The van der Waals surface area contributed by atoms with E-state index in [0.29, 0.717) is 21.9 Å². The first-order valence-electron chi connectivity index (χ1n) is 8.06. The number of fused-ring (bicyclic) bond motifs is 1. The lowest BCUT2D eigenvalue weighted by molar-refractivity contribution is -0.113. The highest BCUT2D eigenvalue weighted by atomic mass is 35.5. The Morgan fingerprint density at radius 3 is 2.38 bits per heavy atom. The number of carbonyl (C=O) groups excluding carboxylic acids is 3. The second-order valence-electron chi connectivity index (χ2n) is 5.87. The molecule has 2 aromatic rings. The summed E-state index contributed by atoms with van der Waals surface area (Å²) in [5.41, 5.74) is 2.50. The van der Waals surface area contributed by atoms with Gasteiger partial charge in [0.15, 0.2) is 0 Å². The summed E-state index contributed by atoms with van der Waals surface area (Å²) in [4.78, 5) is 37.8. The Bertz CT molecular complexity index is 850. The number of rotatable bonds is 6. The van der Waals surface area contributed by atoms with E-state index in [1.165, 1.54) is 16.7 Å². The largest absolute Gasteiger partial charge is 0.325 e. The lowest BCUT2D eigenvalue weighted by Crippen LogP contribution is -2.32. The van der Waals surface area contributed by atoms with Crippen molar-refractivity contribution in [1.29, 1.82) is 0 Å². The normalized spacial score (nSPS) is 13.1. The minimum Gasteiger partial charge on any atom is -0.325 e. The van der Waals surface area contributed by atoms with Crippen molar-refractivity contribution in [3.63, 3.8) is 0 Å². The van der Waals surface area contributed by atoms with Crippen molar-refractivity contribution in [1.82, 2.24) is 4.90 Å². The van der Waals surface area contributed by atoms with Crippen molar-refractivity contribution in [3.8, 4) is 0 Å². The monoisotopic (exact) mass is 388 g/mol. The third-order valence-corrected chi connectivity index (χ3v) is 5.21. The minimum absolute atomic E-state index is 0.136. The highest BCUT2D eigenvalue weighted by Gasteiger charge is 2.34. The van der Waals surface area contributed by atoms with Crippen LogP contribution >= 0.6 is 23.4 Å². The van der Waals surface area contributed by atoms with Gasteiger partial charge in [-0.05, 0) is 42.8 Å². The first kappa shape index (κ1) is 18.5. The van der Waals surface area contributed by atoms with Crippen LogP contribution in [0, 0.1) is 6.92 Å². The predicted molar refractivity (Wildman–Crippen MR) is 104 cm³/mol. The Morgan fingerprint density at radius 2 is 1.77 bits per heavy atom. The molecule has 26 heavy (non-hydrogen) atoms. The number of anilines is 1. The number of halogens is 1. The Morgan fingerprint density at radius 1 is 1.12 bits per heavy atom. The van der Waals surface area contributed by atoms with E-state index in [2.05, 4.69) is 5.32 Å². The van der Waals surface area contributed by atoms with Gasteiger partial charge in [-0.2, -0.15) is 11.8 Å². The van der Waals surface area contributed by atoms with E-state index in [1.807, 2.05) is 6.92 Å². The van der Waals surface area contributed by atoms with Crippen LogP contribution in [0.2, 0.25) is 5.02 Å². The summed E-state index contributed by atoms with van der Waals surface area (Å²) in [6.45, 7) is 2.15. The van der Waals surface area contributed by atoms with Crippen LogP contribution in [0.15, 0.2) is 42.5 Å². The van der Waals surface area contributed by atoms with Crippen LogP contribution in [0.3, 0.4) is 0 Å². The summed E-state index contributed by atoms with van der Waals surface area (Å²) in [6, 6.07) is 12.1. The number of benzene rings is 2. The molecule has 3 rings (SSSR count). The molecule has 0 saturated heterocycles. The molecule has 134 valence electrons. The number of nitrogens with zero attached hydrogens (tertiary/aromatic N) is 1. The van der Waals surface area contributed by atoms with E-state index in [9.17, 15) is 14.4 Å². The van der Waals surface area contributed by atoms with Gasteiger partial charge in [0, 0.05) is 23.0 Å². The van der Waals surface area contributed by atoms with Gasteiger partial charge < -0.3 is 5.32 Å². The maximum Gasteiger partial charge on any atom is 0.261 e. The molecule has 0 aromatic heterocycles. The van der Waals surface area contributed by atoms with Gasteiger partial charge in [0.05, 0.1) is 16.9 Å². The summed E-state index contributed by atoms with van der Waals surface area (Å²) in [7, 11) is 0. The number of hydrogen-bond donors (Lipinski definition) is 1. The quantitative estimate of drug-likeness (QED) is 0.606. The number of hydrogen-bond acceptors (Lipinski definition) is 4. The van der Waals surface area contributed by atoms with Gasteiger partial charge in [0.1, 0.15) is 0 Å². The fraction of sp³-hybridized carbons (Fsp3) is 0.211. The first-order chi connectivity index (χ1) is 12.5. The second kappa shape index (κ2) is 7.93. The van der Waals surface area contributed by atoms with E-state index in [0.717, 1.165) is 11.3 Å². The number of amides is 3. The van der Waals surface area contributed by atoms with Crippen LogP contribution in [0.1, 0.15) is 26.3 Å². The smallest absolute Gasteiger partial charge is 0.261 e. The first-order valence-corrected chi connectivity index (χ1v) is 9.59. The number of carbonyl (C=O) groups is 3. The Hall–Kier alpha value is -2.31. The van der Waals surface area contributed by atoms with E-state index >= 15 is 0 Å². The molecule has 2 aromatic carbocycles. The third-order valence-electron chi connectivity index (χ3n) is 4.03. The number of imide groups is 1. The fourth-order valence-corrected chi connectivity index (χ4v) is 3.66. The minimum atomic E-state index is -0.271. The topological polar surface area (TPSA) is 66.5 Å². The van der Waals surface area contributed by atoms with Crippen molar-refractivity contribution < 1.29 is 14.4 Å². The molecule has 5 nitrogen and oxygen atoms in total. The maximum absolute atomic E-state index is 12.2. The zero-order valence-corrected chi connectivity index (χ0v) is 15.7. The molecule has 0 spiro atoms. The van der Waals surface area contributed by atoms with Crippen LogP contribution in [-0.2, 0) is 4.79 Å². The third kappa shape index (κ3) is 3.92. The average molecular weight is 389 g/mol. The van der Waals surface area contributed by atoms with Gasteiger partial charge in [-0.15, -0.1) is 0 Å². The molecule has 1 aliphatic heterocycles. The standard InChI is InChI=1S/C19H17ClN2O3S/c1-12-10-13(20)6-7-16(12)21-17(23)11-26-9-8-22-18(24)14-4-2-3-5-15(14)19(22)25/h2-7,10H,8-9,11H2,1H3,(H,21,23). The lowest BCUT2D eigenvalue weighted by Gasteiger charge is -2.13. The molecule has 1 N–H and O–H groups in total. The van der Waals surface area contributed by atoms with Gasteiger partial charge in [0.25, 0.3) is 11.8 Å². The Labute approximate surface area is 160 Å². The van der Waals surface area contributed by atoms with Crippen molar-refractivity contribution in [2.45, 2.75) is 6.92 Å². The molecule has 1 aliphatic rings. The molecule has 1 heterocycles. The van der Waals surface area contributed by atoms with Gasteiger partial charge in [-0.1, -0.05) is 23.7 Å². The van der Waals surface area contributed by atoms with E-state index in [-0.39, 0.29) is 30.0 Å².